The Morgan fingerprint density at radius 2 is 2.05 bits per heavy atom. The van der Waals surface area contributed by atoms with Crippen LogP contribution in [-0.2, 0) is 0 Å². The van der Waals surface area contributed by atoms with Crippen molar-refractivity contribution in [3.8, 4) is 11.5 Å². The van der Waals surface area contributed by atoms with Gasteiger partial charge < -0.3 is 10.1 Å². The number of hydrogen-bond donors (Lipinski definition) is 1. The van der Waals surface area contributed by atoms with Crippen LogP contribution >= 0.6 is 11.6 Å². The SMILES string of the molecule is Clc1ccc(Oc2cncc(C3CC34CCCN4)c2)cc1. The van der Waals surface area contributed by atoms with Gasteiger partial charge in [-0.25, -0.2) is 0 Å². The Hall–Kier alpha value is -1.58. The summed E-state index contributed by atoms with van der Waals surface area (Å²) in [6.07, 6.45) is 7.51. The van der Waals surface area contributed by atoms with Gasteiger partial charge in [0.15, 0.2) is 0 Å². The highest BCUT2D eigenvalue weighted by Crippen LogP contribution is 2.56. The topological polar surface area (TPSA) is 34.1 Å². The molecule has 0 radical (unpaired) electrons. The number of ether oxygens (including phenoxy) is 1. The van der Waals surface area contributed by atoms with Crippen LogP contribution in [0.4, 0.5) is 0 Å². The maximum atomic E-state index is 5.88. The van der Waals surface area contributed by atoms with Crippen LogP contribution in [0.3, 0.4) is 0 Å². The van der Waals surface area contributed by atoms with Gasteiger partial charge in [0.1, 0.15) is 11.5 Å². The number of nitrogens with one attached hydrogen (secondary N) is 1. The van der Waals surface area contributed by atoms with E-state index in [1.54, 1.807) is 6.20 Å². The Morgan fingerprint density at radius 1 is 1.19 bits per heavy atom. The molecule has 1 spiro atoms. The van der Waals surface area contributed by atoms with Gasteiger partial charge in [-0.2, -0.15) is 0 Å². The summed E-state index contributed by atoms with van der Waals surface area (Å²) in [6, 6.07) is 9.50. The van der Waals surface area contributed by atoms with E-state index in [-0.39, 0.29) is 0 Å². The van der Waals surface area contributed by atoms with Gasteiger partial charge in [0.05, 0.1) is 6.20 Å². The van der Waals surface area contributed by atoms with Crippen molar-refractivity contribution in [1.29, 1.82) is 0 Å². The molecular weight excluding hydrogens is 284 g/mol. The Balaban J connectivity index is 1.52. The molecule has 108 valence electrons. The van der Waals surface area contributed by atoms with E-state index in [1.165, 1.54) is 24.8 Å². The van der Waals surface area contributed by atoms with Crippen molar-refractivity contribution in [1.82, 2.24) is 10.3 Å². The summed E-state index contributed by atoms with van der Waals surface area (Å²) in [7, 11) is 0. The molecule has 1 aliphatic heterocycles. The molecule has 1 aromatic carbocycles. The first-order valence-corrected chi connectivity index (χ1v) is 7.76. The molecule has 0 bridgehead atoms. The second-order valence-electron chi connectivity index (χ2n) is 5.95. The molecule has 4 rings (SSSR count). The third-order valence-electron chi connectivity index (χ3n) is 4.54. The first kappa shape index (κ1) is 13.1. The third-order valence-corrected chi connectivity index (χ3v) is 4.79. The molecule has 4 heteroatoms. The lowest BCUT2D eigenvalue weighted by molar-refractivity contribution is 0.479. The average Bonchev–Trinajstić information content (AvgIpc) is 2.99. The lowest BCUT2D eigenvalue weighted by Gasteiger charge is -2.11. The predicted octanol–water partition coefficient (Wildman–Crippen LogP) is 4.14. The Morgan fingerprint density at radius 3 is 2.81 bits per heavy atom. The van der Waals surface area contributed by atoms with Crippen molar-refractivity contribution in [2.45, 2.75) is 30.7 Å². The van der Waals surface area contributed by atoms with Crippen LogP contribution in [0.1, 0.15) is 30.7 Å². The Labute approximate surface area is 129 Å². The number of nitrogens with zero attached hydrogens (tertiary/aromatic N) is 1. The van der Waals surface area contributed by atoms with Crippen molar-refractivity contribution in [3.05, 3.63) is 53.3 Å². The van der Waals surface area contributed by atoms with Crippen molar-refractivity contribution >= 4 is 11.6 Å². The summed E-state index contributed by atoms with van der Waals surface area (Å²) >= 11 is 5.88. The van der Waals surface area contributed by atoms with Crippen molar-refractivity contribution < 1.29 is 4.74 Å². The molecule has 2 unspecified atom stereocenters. The smallest absolute Gasteiger partial charge is 0.145 e. The molecule has 1 N–H and O–H groups in total. The van der Waals surface area contributed by atoms with Crippen molar-refractivity contribution in [3.63, 3.8) is 0 Å². The molecule has 1 aromatic heterocycles. The molecule has 2 aromatic rings. The average molecular weight is 301 g/mol. The Kier molecular flexibility index (Phi) is 3.12. The molecule has 1 saturated carbocycles. The van der Waals surface area contributed by atoms with Gasteiger partial charge in [0.2, 0.25) is 0 Å². The van der Waals surface area contributed by atoms with E-state index < -0.39 is 0 Å². The molecule has 21 heavy (non-hydrogen) atoms. The van der Waals surface area contributed by atoms with Crippen LogP contribution < -0.4 is 10.1 Å². The monoisotopic (exact) mass is 300 g/mol. The van der Waals surface area contributed by atoms with Gasteiger partial charge in [-0.1, -0.05) is 11.6 Å². The second kappa shape index (κ2) is 5.00. The molecule has 3 nitrogen and oxygen atoms in total. The van der Waals surface area contributed by atoms with Crippen LogP contribution in [0.5, 0.6) is 11.5 Å². The van der Waals surface area contributed by atoms with E-state index in [0.717, 1.165) is 18.0 Å². The van der Waals surface area contributed by atoms with E-state index in [4.69, 9.17) is 16.3 Å². The minimum atomic E-state index is 0.348. The number of aromatic nitrogens is 1. The highest BCUT2D eigenvalue weighted by molar-refractivity contribution is 6.30. The summed E-state index contributed by atoms with van der Waals surface area (Å²) in [5.74, 6) is 2.15. The first-order valence-electron chi connectivity index (χ1n) is 7.39. The normalized spacial score (nSPS) is 27.0. The van der Waals surface area contributed by atoms with Crippen LogP contribution in [0.15, 0.2) is 42.7 Å². The highest BCUT2D eigenvalue weighted by Gasteiger charge is 2.55. The summed E-state index contributed by atoms with van der Waals surface area (Å²) in [5, 5.41) is 4.36. The number of halogens is 1. The summed E-state index contributed by atoms with van der Waals surface area (Å²) < 4.78 is 5.86. The summed E-state index contributed by atoms with van der Waals surface area (Å²) in [6.45, 7) is 1.14. The zero-order valence-electron chi connectivity index (χ0n) is 11.7. The highest BCUT2D eigenvalue weighted by atomic mass is 35.5. The largest absolute Gasteiger partial charge is 0.456 e. The fourth-order valence-electron chi connectivity index (χ4n) is 3.36. The Bertz CT molecular complexity index is 650. The molecule has 2 aliphatic rings. The van der Waals surface area contributed by atoms with E-state index in [9.17, 15) is 0 Å². The van der Waals surface area contributed by atoms with E-state index in [0.29, 0.717) is 16.5 Å². The van der Waals surface area contributed by atoms with E-state index in [2.05, 4.69) is 16.4 Å². The van der Waals surface area contributed by atoms with Gasteiger partial charge in [0.25, 0.3) is 0 Å². The van der Waals surface area contributed by atoms with Gasteiger partial charge in [-0.05, 0) is 61.7 Å². The standard InChI is InChI=1S/C17H17ClN2O/c18-13-2-4-14(5-3-13)21-15-8-12(10-19-11-15)16-9-17(16)6-1-7-20-17/h2-5,8,10-11,16,20H,1,6-7,9H2. The van der Waals surface area contributed by atoms with Gasteiger partial charge in [0, 0.05) is 22.7 Å². The lowest BCUT2D eigenvalue weighted by Crippen LogP contribution is -2.25. The quantitative estimate of drug-likeness (QED) is 0.925. The number of hydrogen-bond acceptors (Lipinski definition) is 3. The first-order chi connectivity index (χ1) is 10.3. The number of benzene rings is 1. The molecule has 2 atom stereocenters. The van der Waals surface area contributed by atoms with Crippen LogP contribution in [0.2, 0.25) is 5.02 Å². The minimum absolute atomic E-state index is 0.348. The van der Waals surface area contributed by atoms with Crippen LogP contribution in [-0.4, -0.2) is 17.1 Å². The minimum Gasteiger partial charge on any atom is -0.456 e. The molecular formula is C17H17ClN2O. The lowest BCUT2D eigenvalue weighted by atomic mass is 10.1. The van der Waals surface area contributed by atoms with Crippen molar-refractivity contribution in [2.24, 2.45) is 0 Å². The maximum absolute atomic E-state index is 5.88. The molecule has 2 fully saturated rings. The molecule has 1 saturated heterocycles. The van der Waals surface area contributed by atoms with Gasteiger partial charge >= 0.3 is 0 Å². The fourth-order valence-corrected chi connectivity index (χ4v) is 3.49. The fraction of sp³-hybridized carbons (Fsp3) is 0.353. The van der Waals surface area contributed by atoms with Crippen molar-refractivity contribution in [2.75, 3.05) is 6.54 Å². The summed E-state index contributed by atoms with van der Waals surface area (Å²) in [5.41, 5.74) is 1.62. The van der Waals surface area contributed by atoms with Crippen LogP contribution in [0.25, 0.3) is 0 Å². The number of pyridine rings is 1. The third kappa shape index (κ3) is 2.52. The van der Waals surface area contributed by atoms with E-state index >= 15 is 0 Å². The zero-order chi connectivity index (χ0) is 14.3. The predicted molar refractivity (Wildman–Crippen MR) is 83.1 cm³/mol. The van der Waals surface area contributed by atoms with Gasteiger partial charge in [-0.3, -0.25) is 4.98 Å². The van der Waals surface area contributed by atoms with Gasteiger partial charge in [-0.15, -0.1) is 0 Å². The second-order valence-corrected chi connectivity index (χ2v) is 6.39. The molecule has 1 aliphatic carbocycles. The molecule has 0 amide bonds. The molecule has 2 heterocycles. The zero-order valence-corrected chi connectivity index (χ0v) is 12.4. The van der Waals surface area contributed by atoms with Crippen LogP contribution in [0, 0.1) is 0 Å². The summed E-state index contributed by atoms with van der Waals surface area (Å²) in [4.78, 5) is 4.34. The number of rotatable bonds is 3. The maximum Gasteiger partial charge on any atom is 0.145 e. The van der Waals surface area contributed by atoms with E-state index in [1.807, 2.05) is 30.5 Å².